The normalized spacial score (nSPS) is 10.6. The summed E-state index contributed by atoms with van der Waals surface area (Å²) in [6, 6.07) is 7.09. The van der Waals surface area contributed by atoms with Gasteiger partial charge in [-0.05, 0) is 31.5 Å². The summed E-state index contributed by atoms with van der Waals surface area (Å²) in [5, 5.41) is 17.2. The minimum atomic E-state index is -0.437. The Morgan fingerprint density at radius 1 is 1.36 bits per heavy atom. The smallest absolute Gasteiger partial charge is 0.285 e. The highest BCUT2D eigenvalue weighted by Crippen LogP contribution is 2.20. The van der Waals surface area contributed by atoms with Crippen molar-refractivity contribution in [2.24, 2.45) is 0 Å². The molecule has 3 aromatic heterocycles. The van der Waals surface area contributed by atoms with Crippen LogP contribution in [-0.2, 0) is 6.54 Å². The minimum Gasteiger partial charge on any atom is -0.461 e. The first-order valence-corrected chi connectivity index (χ1v) is 6.58. The van der Waals surface area contributed by atoms with Crippen LogP contribution in [0.15, 0.2) is 38.2 Å². The number of hydrogen-bond acceptors (Lipinski definition) is 6. The quantitative estimate of drug-likeness (QED) is 0.733. The molecule has 0 amide bonds. The van der Waals surface area contributed by atoms with Crippen LogP contribution in [-0.4, -0.2) is 14.9 Å². The topological polar surface area (TPSA) is 97.8 Å². The van der Waals surface area contributed by atoms with E-state index in [4.69, 9.17) is 14.2 Å². The maximum absolute atomic E-state index is 12.2. The molecule has 0 unspecified atom stereocenters. The second-order valence-electron chi connectivity index (χ2n) is 4.82. The lowest BCUT2D eigenvalue weighted by atomic mass is 10.1. The molecule has 0 N–H and O–H groups in total. The number of aromatic nitrogens is 3. The van der Waals surface area contributed by atoms with Gasteiger partial charge in [-0.25, -0.2) is 4.68 Å². The first-order valence-electron chi connectivity index (χ1n) is 6.58. The van der Waals surface area contributed by atoms with Gasteiger partial charge in [0.2, 0.25) is 5.76 Å². The lowest BCUT2D eigenvalue weighted by Gasteiger charge is -2.06. The number of hydrogen-bond donors (Lipinski definition) is 0. The first kappa shape index (κ1) is 13.8. The second kappa shape index (κ2) is 5.33. The molecular formula is C15H12N4O3. The molecule has 0 radical (unpaired) electrons. The molecule has 0 saturated carbocycles. The molecule has 3 rings (SSSR count). The molecule has 0 aromatic carbocycles. The van der Waals surface area contributed by atoms with Crippen molar-refractivity contribution < 1.29 is 8.94 Å². The zero-order valence-corrected chi connectivity index (χ0v) is 12.0. The van der Waals surface area contributed by atoms with Crippen LogP contribution in [0.5, 0.6) is 0 Å². The van der Waals surface area contributed by atoms with Crippen molar-refractivity contribution in [1.29, 1.82) is 5.26 Å². The fourth-order valence-corrected chi connectivity index (χ4v) is 2.09. The standard InChI is InChI=1S/C15H12N4O3/c1-9-10(2)17-19(15(20)12(9)7-16)8-11-6-14(22-18-11)13-4-3-5-21-13/h3-6H,8H2,1-2H3. The van der Waals surface area contributed by atoms with Crippen molar-refractivity contribution in [1.82, 2.24) is 14.9 Å². The van der Waals surface area contributed by atoms with Crippen molar-refractivity contribution in [3.8, 4) is 17.6 Å². The summed E-state index contributed by atoms with van der Waals surface area (Å²) in [5.74, 6) is 1.02. The molecule has 0 aliphatic heterocycles. The average Bonchev–Trinajstić information content (AvgIpc) is 3.16. The molecule has 3 aromatic rings. The van der Waals surface area contributed by atoms with Crippen LogP contribution < -0.4 is 5.56 Å². The van der Waals surface area contributed by atoms with Crippen LogP contribution in [0.1, 0.15) is 22.5 Å². The fourth-order valence-electron chi connectivity index (χ4n) is 2.09. The van der Waals surface area contributed by atoms with E-state index in [1.807, 2.05) is 6.07 Å². The van der Waals surface area contributed by atoms with Gasteiger partial charge < -0.3 is 8.94 Å². The Morgan fingerprint density at radius 3 is 2.86 bits per heavy atom. The summed E-state index contributed by atoms with van der Waals surface area (Å²) in [6.07, 6.45) is 1.53. The summed E-state index contributed by atoms with van der Waals surface area (Å²) in [5.41, 5.74) is 1.41. The summed E-state index contributed by atoms with van der Waals surface area (Å²) in [6.45, 7) is 3.58. The van der Waals surface area contributed by atoms with Crippen LogP contribution in [0.25, 0.3) is 11.5 Å². The fraction of sp³-hybridized carbons (Fsp3) is 0.200. The largest absolute Gasteiger partial charge is 0.461 e. The monoisotopic (exact) mass is 296 g/mol. The van der Waals surface area contributed by atoms with Crippen molar-refractivity contribution in [3.05, 3.63) is 57.3 Å². The summed E-state index contributed by atoms with van der Waals surface area (Å²) < 4.78 is 11.6. The number of nitriles is 1. The molecule has 0 aliphatic carbocycles. The number of furan rings is 1. The minimum absolute atomic E-state index is 0.0993. The van der Waals surface area contributed by atoms with Gasteiger partial charge in [-0.15, -0.1) is 0 Å². The Labute approximate surface area is 125 Å². The molecule has 110 valence electrons. The van der Waals surface area contributed by atoms with Gasteiger partial charge in [0.05, 0.1) is 18.5 Å². The third-order valence-corrected chi connectivity index (χ3v) is 3.38. The summed E-state index contributed by atoms with van der Waals surface area (Å²) >= 11 is 0. The predicted octanol–water partition coefficient (Wildman–Crippen LogP) is 2.03. The summed E-state index contributed by atoms with van der Waals surface area (Å²) in [7, 11) is 0. The third kappa shape index (κ3) is 2.31. The molecule has 0 spiro atoms. The SMILES string of the molecule is Cc1nn(Cc2cc(-c3ccco3)on2)c(=O)c(C#N)c1C. The van der Waals surface area contributed by atoms with E-state index in [0.29, 0.717) is 28.5 Å². The van der Waals surface area contributed by atoms with Gasteiger partial charge in [0.15, 0.2) is 5.76 Å². The maximum Gasteiger partial charge on any atom is 0.285 e. The van der Waals surface area contributed by atoms with Crippen LogP contribution in [0.2, 0.25) is 0 Å². The van der Waals surface area contributed by atoms with Crippen molar-refractivity contribution in [3.63, 3.8) is 0 Å². The molecule has 0 fully saturated rings. The Balaban J connectivity index is 1.96. The molecule has 0 bridgehead atoms. The van der Waals surface area contributed by atoms with Crippen molar-refractivity contribution in [2.75, 3.05) is 0 Å². The Bertz CT molecular complexity index is 913. The van der Waals surface area contributed by atoms with E-state index in [1.54, 1.807) is 32.0 Å². The number of rotatable bonds is 3. The Hall–Kier alpha value is -3.14. The van der Waals surface area contributed by atoms with Crippen molar-refractivity contribution in [2.45, 2.75) is 20.4 Å². The highest BCUT2D eigenvalue weighted by atomic mass is 16.5. The van der Waals surface area contributed by atoms with Gasteiger partial charge in [0.25, 0.3) is 5.56 Å². The molecule has 3 heterocycles. The van der Waals surface area contributed by atoms with Crippen LogP contribution in [0.3, 0.4) is 0 Å². The van der Waals surface area contributed by atoms with Gasteiger partial charge in [-0.2, -0.15) is 10.4 Å². The van der Waals surface area contributed by atoms with E-state index in [-0.39, 0.29) is 12.1 Å². The van der Waals surface area contributed by atoms with E-state index in [2.05, 4.69) is 10.3 Å². The lowest BCUT2D eigenvalue weighted by molar-refractivity contribution is 0.406. The molecule has 0 saturated heterocycles. The van der Waals surface area contributed by atoms with E-state index in [9.17, 15) is 4.79 Å². The number of aryl methyl sites for hydroxylation is 1. The Morgan fingerprint density at radius 2 is 2.18 bits per heavy atom. The highest BCUT2D eigenvalue weighted by Gasteiger charge is 2.14. The molecule has 7 nitrogen and oxygen atoms in total. The van der Waals surface area contributed by atoms with Gasteiger partial charge in [-0.3, -0.25) is 4.79 Å². The lowest BCUT2D eigenvalue weighted by Crippen LogP contribution is -2.28. The van der Waals surface area contributed by atoms with Crippen molar-refractivity contribution >= 4 is 0 Å². The van der Waals surface area contributed by atoms with E-state index in [0.717, 1.165) is 0 Å². The Kier molecular flexibility index (Phi) is 3.35. The number of nitrogens with zero attached hydrogens (tertiary/aromatic N) is 4. The zero-order valence-electron chi connectivity index (χ0n) is 12.0. The molecular weight excluding hydrogens is 284 g/mol. The van der Waals surface area contributed by atoms with Crippen LogP contribution >= 0.6 is 0 Å². The first-order chi connectivity index (χ1) is 10.6. The highest BCUT2D eigenvalue weighted by molar-refractivity contribution is 5.49. The second-order valence-corrected chi connectivity index (χ2v) is 4.82. The third-order valence-electron chi connectivity index (χ3n) is 3.38. The van der Waals surface area contributed by atoms with Gasteiger partial charge in [0, 0.05) is 6.07 Å². The van der Waals surface area contributed by atoms with Gasteiger partial charge >= 0.3 is 0 Å². The van der Waals surface area contributed by atoms with Crippen LogP contribution in [0, 0.1) is 25.2 Å². The van der Waals surface area contributed by atoms with Crippen LogP contribution in [0.4, 0.5) is 0 Å². The predicted molar refractivity (Wildman–Crippen MR) is 76.0 cm³/mol. The van der Waals surface area contributed by atoms with E-state index >= 15 is 0 Å². The van der Waals surface area contributed by atoms with Gasteiger partial charge in [0.1, 0.15) is 17.3 Å². The summed E-state index contributed by atoms with van der Waals surface area (Å²) in [4.78, 5) is 12.2. The van der Waals surface area contributed by atoms with Gasteiger partial charge in [-0.1, -0.05) is 5.16 Å². The van der Waals surface area contributed by atoms with E-state index < -0.39 is 5.56 Å². The molecule has 22 heavy (non-hydrogen) atoms. The molecule has 0 atom stereocenters. The maximum atomic E-state index is 12.2. The zero-order chi connectivity index (χ0) is 15.7. The average molecular weight is 296 g/mol. The van der Waals surface area contributed by atoms with E-state index in [1.165, 1.54) is 10.9 Å². The molecule has 7 heteroatoms. The molecule has 0 aliphatic rings.